The van der Waals surface area contributed by atoms with Crippen LogP contribution in [0.25, 0.3) is 17.0 Å². The largest absolute Gasteiger partial charge is 0.478 e. The number of hydrogen-bond acceptors (Lipinski definition) is 6. The smallest absolute Gasteiger partial charge is 0.411 e. The zero-order valence-corrected chi connectivity index (χ0v) is 18.0. The van der Waals surface area contributed by atoms with Gasteiger partial charge in [-0.1, -0.05) is 12.1 Å². The predicted molar refractivity (Wildman–Crippen MR) is 127 cm³/mol. The molecule has 0 spiro atoms. The number of nitrogens with one attached hydrogen (secondary N) is 1. The minimum absolute atomic E-state index is 0.191. The lowest BCUT2D eigenvalue weighted by Gasteiger charge is -2.06. The lowest BCUT2D eigenvalue weighted by molar-refractivity contribution is 0.0696. The van der Waals surface area contributed by atoms with Crippen molar-refractivity contribution >= 4 is 51.8 Å². The number of nitrogens with zero attached hydrogens (tertiary/aromatic N) is 1. The highest BCUT2D eigenvalue weighted by Gasteiger charge is 2.07. The first-order valence-corrected chi connectivity index (χ1v) is 10.8. The highest BCUT2D eigenvalue weighted by atomic mass is 32.1. The molecule has 0 aliphatic rings. The van der Waals surface area contributed by atoms with Crippen LogP contribution in [-0.2, 0) is 11.3 Å². The van der Waals surface area contributed by atoms with Crippen molar-refractivity contribution in [2.24, 2.45) is 0 Å². The molecule has 0 saturated carbocycles. The summed E-state index contributed by atoms with van der Waals surface area (Å²) >= 11 is 1.51. The number of carboxylic acids is 1. The van der Waals surface area contributed by atoms with Gasteiger partial charge in [-0.2, -0.15) is 0 Å². The third kappa shape index (κ3) is 5.69. The van der Waals surface area contributed by atoms with Crippen LogP contribution in [0.2, 0.25) is 0 Å². The summed E-state index contributed by atoms with van der Waals surface area (Å²) in [5.74, 6) is -1.21. The predicted octanol–water partition coefficient (Wildman–Crippen LogP) is 5.64. The second-order valence-corrected chi connectivity index (χ2v) is 8.04. The summed E-state index contributed by atoms with van der Waals surface area (Å²) in [6.07, 6.45) is 2.44. The first kappa shape index (κ1) is 21.9. The van der Waals surface area contributed by atoms with Crippen molar-refractivity contribution < 1.29 is 24.2 Å². The molecule has 2 aromatic heterocycles. The second-order valence-electron chi connectivity index (χ2n) is 7.00. The van der Waals surface area contributed by atoms with E-state index in [0.29, 0.717) is 27.8 Å². The van der Waals surface area contributed by atoms with Crippen molar-refractivity contribution in [2.75, 3.05) is 5.32 Å². The van der Waals surface area contributed by atoms with Crippen LogP contribution in [0.1, 0.15) is 31.3 Å². The van der Waals surface area contributed by atoms with E-state index in [0.717, 1.165) is 4.88 Å². The molecule has 1 amide bonds. The maximum absolute atomic E-state index is 12.5. The van der Waals surface area contributed by atoms with Gasteiger partial charge >= 0.3 is 12.1 Å². The van der Waals surface area contributed by atoms with E-state index < -0.39 is 12.1 Å². The molecule has 0 saturated heterocycles. The van der Waals surface area contributed by atoms with Gasteiger partial charge in [0.25, 0.3) is 0 Å². The van der Waals surface area contributed by atoms with Crippen molar-refractivity contribution in [2.45, 2.75) is 6.61 Å². The Bertz CT molecular complexity index is 1350. The number of aromatic nitrogens is 1. The zero-order valence-electron chi connectivity index (χ0n) is 17.2. The third-order valence-corrected chi connectivity index (χ3v) is 5.55. The Labute approximate surface area is 193 Å². The lowest BCUT2D eigenvalue weighted by Crippen LogP contribution is -2.13. The fourth-order valence-electron chi connectivity index (χ4n) is 3.03. The Morgan fingerprint density at radius 1 is 1.00 bits per heavy atom. The summed E-state index contributed by atoms with van der Waals surface area (Å²) in [5, 5.41) is 14.3. The van der Waals surface area contributed by atoms with Gasteiger partial charge in [0.05, 0.1) is 16.8 Å². The molecule has 2 aromatic carbocycles. The Morgan fingerprint density at radius 2 is 1.79 bits per heavy atom. The number of carbonyl (C=O) groups excluding carboxylic acids is 2. The average molecular weight is 458 g/mol. The van der Waals surface area contributed by atoms with Crippen LogP contribution in [-0.4, -0.2) is 27.9 Å². The van der Waals surface area contributed by atoms with Crippen molar-refractivity contribution in [1.29, 1.82) is 0 Å². The summed E-state index contributed by atoms with van der Waals surface area (Å²) in [6, 6.07) is 18.4. The molecular formula is C25H18N2O5S. The average Bonchev–Trinajstić information content (AvgIpc) is 3.35. The van der Waals surface area contributed by atoms with Crippen LogP contribution in [0, 0.1) is 0 Å². The minimum atomic E-state index is -0.997. The summed E-state index contributed by atoms with van der Waals surface area (Å²) in [6.45, 7) is 0.203. The number of allylic oxidation sites excluding steroid dienone is 1. The van der Waals surface area contributed by atoms with Crippen LogP contribution in [0.5, 0.6) is 0 Å². The number of amides is 1. The number of benzene rings is 2. The fourth-order valence-corrected chi connectivity index (χ4v) is 3.64. The Morgan fingerprint density at radius 3 is 2.52 bits per heavy atom. The number of ether oxygens (including phenoxy) is 1. The molecule has 0 atom stereocenters. The second kappa shape index (κ2) is 9.88. The normalized spacial score (nSPS) is 10.9. The molecule has 2 heterocycles. The quantitative estimate of drug-likeness (QED) is 0.274. The number of pyridine rings is 1. The molecule has 0 aliphatic heterocycles. The number of ketones is 1. The molecule has 0 radical (unpaired) electrons. The number of fused-ring (bicyclic) bond motifs is 1. The van der Waals surface area contributed by atoms with Gasteiger partial charge < -0.3 is 9.84 Å². The van der Waals surface area contributed by atoms with E-state index >= 15 is 0 Å². The van der Waals surface area contributed by atoms with Gasteiger partial charge in [-0.15, -0.1) is 11.3 Å². The maximum atomic E-state index is 12.5. The Kier molecular flexibility index (Phi) is 6.56. The standard InChI is InChI=1S/C25H18N2O5S/c28-23(12-10-19-9-5-17-14-18(24(29)30)6-11-22(17)26-19)16-3-7-20(8-4-16)27-25(31)32-15-21-2-1-13-33-21/h1-14H,15H2,(H,27,31)(H,29,30). The van der Waals surface area contributed by atoms with Gasteiger partial charge in [0.2, 0.25) is 0 Å². The van der Waals surface area contributed by atoms with E-state index in [1.807, 2.05) is 17.5 Å². The van der Waals surface area contributed by atoms with E-state index in [1.54, 1.807) is 54.6 Å². The number of aromatic carboxylic acids is 1. The van der Waals surface area contributed by atoms with Crippen LogP contribution < -0.4 is 5.32 Å². The van der Waals surface area contributed by atoms with E-state index in [2.05, 4.69) is 10.3 Å². The molecule has 0 fully saturated rings. The molecule has 8 heteroatoms. The van der Waals surface area contributed by atoms with Crippen molar-refractivity contribution in [1.82, 2.24) is 4.98 Å². The first-order valence-electron chi connectivity index (χ1n) is 9.91. The number of carbonyl (C=O) groups is 3. The topological polar surface area (TPSA) is 106 Å². The van der Waals surface area contributed by atoms with Crippen molar-refractivity contribution in [3.05, 3.63) is 99.9 Å². The first-order chi connectivity index (χ1) is 16.0. The van der Waals surface area contributed by atoms with Gasteiger partial charge in [-0.05, 0) is 72.1 Å². The third-order valence-electron chi connectivity index (χ3n) is 4.70. The molecule has 4 rings (SSSR count). The summed E-state index contributed by atoms with van der Waals surface area (Å²) in [5.41, 5.74) is 2.37. The van der Waals surface area contributed by atoms with E-state index in [9.17, 15) is 14.4 Å². The SMILES string of the molecule is O=C(Nc1ccc(C(=O)C=Cc2ccc3cc(C(=O)O)ccc3n2)cc1)OCc1cccs1. The molecule has 164 valence electrons. The Balaban J connectivity index is 1.36. The Hall–Kier alpha value is -4.30. The number of thiophene rings is 1. The van der Waals surface area contributed by atoms with Crippen LogP contribution in [0.3, 0.4) is 0 Å². The number of anilines is 1. The van der Waals surface area contributed by atoms with Crippen LogP contribution in [0.15, 0.2) is 78.2 Å². The highest BCUT2D eigenvalue weighted by molar-refractivity contribution is 7.09. The highest BCUT2D eigenvalue weighted by Crippen LogP contribution is 2.17. The summed E-state index contributed by atoms with van der Waals surface area (Å²) in [7, 11) is 0. The van der Waals surface area contributed by atoms with Gasteiger partial charge in [0.15, 0.2) is 5.78 Å². The van der Waals surface area contributed by atoms with E-state index in [1.165, 1.54) is 23.5 Å². The number of carboxylic acid groups (broad SMARTS) is 1. The molecule has 7 nitrogen and oxygen atoms in total. The summed E-state index contributed by atoms with van der Waals surface area (Å²) < 4.78 is 5.15. The zero-order chi connectivity index (χ0) is 23.2. The lowest BCUT2D eigenvalue weighted by atomic mass is 10.1. The van der Waals surface area contributed by atoms with Crippen LogP contribution >= 0.6 is 11.3 Å². The van der Waals surface area contributed by atoms with Gasteiger partial charge in [-0.25, -0.2) is 14.6 Å². The molecule has 0 unspecified atom stereocenters. The molecular weight excluding hydrogens is 440 g/mol. The van der Waals surface area contributed by atoms with Crippen molar-refractivity contribution in [3.63, 3.8) is 0 Å². The molecule has 2 N–H and O–H groups in total. The molecule has 4 aromatic rings. The van der Waals surface area contributed by atoms with E-state index in [4.69, 9.17) is 9.84 Å². The minimum Gasteiger partial charge on any atom is -0.478 e. The molecule has 0 aliphatic carbocycles. The van der Waals surface area contributed by atoms with Crippen molar-refractivity contribution in [3.8, 4) is 0 Å². The molecule has 33 heavy (non-hydrogen) atoms. The van der Waals surface area contributed by atoms with Gasteiger partial charge in [-0.3, -0.25) is 10.1 Å². The fraction of sp³-hybridized carbons (Fsp3) is 0.0400. The monoisotopic (exact) mass is 458 g/mol. The summed E-state index contributed by atoms with van der Waals surface area (Å²) in [4.78, 5) is 40.8. The van der Waals surface area contributed by atoms with Gasteiger partial charge in [0.1, 0.15) is 6.61 Å². The van der Waals surface area contributed by atoms with Crippen LogP contribution in [0.4, 0.5) is 10.5 Å². The van der Waals surface area contributed by atoms with Gasteiger partial charge in [0, 0.05) is 21.5 Å². The van der Waals surface area contributed by atoms with E-state index in [-0.39, 0.29) is 18.0 Å². The number of hydrogen-bond donors (Lipinski definition) is 2. The number of rotatable bonds is 7. The maximum Gasteiger partial charge on any atom is 0.411 e. The molecule has 0 bridgehead atoms.